The van der Waals surface area contributed by atoms with Crippen LogP contribution in [-0.2, 0) is 0 Å². The highest BCUT2D eigenvalue weighted by Gasteiger charge is 2.20. The highest BCUT2D eigenvalue weighted by atomic mass is 19.3. The highest BCUT2D eigenvalue weighted by Crippen LogP contribution is 2.33. The van der Waals surface area contributed by atoms with E-state index in [-0.39, 0.29) is 17.1 Å². The van der Waals surface area contributed by atoms with Crippen LogP contribution in [0.5, 0.6) is 11.5 Å². The standard InChI is InChI=1S/C20H23F2N3O3/c1-24-10-12-25(13-11-24)15-8-6-14(7-9-15)23-19(26)16-4-3-5-17(27-2)18(16)28-20(21)22/h3-9,20H,10-13H2,1-2H3,(H,23,26). The van der Waals surface area contributed by atoms with E-state index in [9.17, 15) is 13.6 Å². The molecular weight excluding hydrogens is 368 g/mol. The third-order valence-corrected chi connectivity index (χ3v) is 4.64. The van der Waals surface area contributed by atoms with Gasteiger partial charge in [-0.05, 0) is 43.4 Å². The van der Waals surface area contributed by atoms with Crippen molar-refractivity contribution in [1.82, 2.24) is 4.90 Å². The van der Waals surface area contributed by atoms with Crippen molar-refractivity contribution in [3.8, 4) is 11.5 Å². The first-order valence-corrected chi connectivity index (χ1v) is 8.94. The fourth-order valence-electron chi connectivity index (χ4n) is 3.08. The van der Waals surface area contributed by atoms with Crippen LogP contribution >= 0.6 is 0 Å². The van der Waals surface area contributed by atoms with Gasteiger partial charge in [-0.3, -0.25) is 4.79 Å². The molecule has 0 spiro atoms. The molecule has 0 bridgehead atoms. The Morgan fingerprint density at radius 2 is 1.75 bits per heavy atom. The van der Waals surface area contributed by atoms with Gasteiger partial charge in [0.25, 0.3) is 5.91 Å². The van der Waals surface area contributed by atoms with Gasteiger partial charge in [0.1, 0.15) is 0 Å². The number of ether oxygens (including phenoxy) is 2. The van der Waals surface area contributed by atoms with Crippen molar-refractivity contribution in [2.45, 2.75) is 6.61 Å². The first-order chi connectivity index (χ1) is 13.5. The minimum absolute atomic E-state index is 0.0252. The third-order valence-electron chi connectivity index (χ3n) is 4.64. The second-order valence-electron chi connectivity index (χ2n) is 6.51. The quantitative estimate of drug-likeness (QED) is 0.819. The molecule has 2 aromatic carbocycles. The van der Waals surface area contributed by atoms with Gasteiger partial charge in [0.15, 0.2) is 11.5 Å². The number of likely N-dealkylation sites (N-methyl/N-ethyl adjacent to an activating group) is 1. The Bertz CT molecular complexity index is 807. The predicted octanol–water partition coefficient (Wildman–Crippen LogP) is 3.30. The fourth-order valence-corrected chi connectivity index (χ4v) is 3.08. The lowest BCUT2D eigenvalue weighted by Crippen LogP contribution is -2.44. The van der Waals surface area contributed by atoms with Gasteiger partial charge in [-0.1, -0.05) is 6.07 Å². The topological polar surface area (TPSA) is 54.0 Å². The lowest BCUT2D eigenvalue weighted by Gasteiger charge is -2.34. The summed E-state index contributed by atoms with van der Waals surface area (Å²) in [7, 11) is 3.42. The van der Waals surface area contributed by atoms with Gasteiger partial charge in [0.2, 0.25) is 0 Å². The van der Waals surface area contributed by atoms with E-state index in [2.05, 4.69) is 26.9 Å². The largest absolute Gasteiger partial charge is 0.493 e. The maximum Gasteiger partial charge on any atom is 0.387 e. The SMILES string of the molecule is COc1cccc(C(=O)Nc2ccc(N3CCN(C)CC3)cc2)c1OC(F)F. The van der Waals surface area contributed by atoms with E-state index in [0.717, 1.165) is 31.9 Å². The van der Waals surface area contributed by atoms with E-state index in [1.54, 1.807) is 18.2 Å². The summed E-state index contributed by atoms with van der Waals surface area (Å²) in [6, 6.07) is 11.9. The zero-order valence-electron chi connectivity index (χ0n) is 15.8. The molecule has 1 heterocycles. The molecule has 0 aliphatic carbocycles. The normalized spacial score (nSPS) is 14.8. The molecule has 1 saturated heterocycles. The Balaban J connectivity index is 1.73. The number of halogens is 2. The van der Waals surface area contributed by atoms with Gasteiger partial charge >= 0.3 is 6.61 Å². The molecule has 28 heavy (non-hydrogen) atoms. The van der Waals surface area contributed by atoms with Crippen molar-refractivity contribution in [3.63, 3.8) is 0 Å². The van der Waals surface area contributed by atoms with Gasteiger partial charge in [0, 0.05) is 37.6 Å². The number of carbonyl (C=O) groups is 1. The van der Waals surface area contributed by atoms with Crippen LogP contribution in [0, 0.1) is 0 Å². The van der Waals surface area contributed by atoms with Crippen LogP contribution in [-0.4, -0.2) is 57.8 Å². The first kappa shape index (κ1) is 19.9. The molecule has 1 aliphatic heterocycles. The number of benzene rings is 2. The molecule has 8 heteroatoms. The van der Waals surface area contributed by atoms with Crippen molar-refractivity contribution in [3.05, 3.63) is 48.0 Å². The van der Waals surface area contributed by atoms with Crippen molar-refractivity contribution in [2.75, 3.05) is 50.6 Å². The predicted molar refractivity (Wildman–Crippen MR) is 104 cm³/mol. The Hall–Kier alpha value is -2.87. The van der Waals surface area contributed by atoms with Crippen LogP contribution < -0.4 is 19.7 Å². The number of para-hydroxylation sites is 1. The number of carbonyl (C=O) groups excluding carboxylic acids is 1. The number of anilines is 2. The van der Waals surface area contributed by atoms with Crippen LogP contribution in [0.2, 0.25) is 0 Å². The summed E-state index contributed by atoms with van der Waals surface area (Å²) in [5.74, 6) is -0.771. The molecule has 0 atom stereocenters. The molecule has 3 rings (SSSR count). The molecule has 1 N–H and O–H groups in total. The van der Waals surface area contributed by atoms with Crippen molar-refractivity contribution in [1.29, 1.82) is 0 Å². The molecule has 0 saturated carbocycles. The molecule has 1 fully saturated rings. The average molecular weight is 391 g/mol. The second kappa shape index (κ2) is 8.88. The first-order valence-electron chi connectivity index (χ1n) is 8.94. The van der Waals surface area contributed by atoms with Crippen molar-refractivity contribution in [2.24, 2.45) is 0 Å². The summed E-state index contributed by atoms with van der Waals surface area (Å²) in [6.07, 6.45) is 0. The number of hydrogen-bond donors (Lipinski definition) is 1. The maximum atomic E-state index is 12.7. The van der Waals surface area contributed by atoms with Gasteiger partial charge in [-0.2, -0.15) is 8.78 Å². The molecule has 6 nitrogen and oxygen atoms in total. The Labute approximate surface area is 162 Å². The Kier molecular flexibility index (Phi) is 6.30. The number of nitrogens with one attached hydrogen (secondary N) is 1. The Morgan fingerprint density at radius 3 is 2.36 bits per heavy atom. The van der Waals surface area contributed by atoms with Crippen LogP contribution in [0.4, 0.5) is 20.2 Å². The summed E-state index contributed by atoms with van der Waals surface area (Å²) in [5.41, 5.74) is 1.62. The number of rotatable bonds is 6. The van der Waals surface area contributed by atoms with Gasteiger partial charge in [-0.25, -0.2) is 0 Å². The van der Waals surface area contributed by atoms with Crippen LogP contribution in [0.3, 0.4) is 0 Å². The molecule has 1 aliphatic rings. The summed E-state index contributed by atoms with van der Waals surface area (Å²) in [5, 5.41) is 2.71. The number of nitrogens with zero attached hydrogens (tertiary/aromatic N) is 2. The summed E-state index contributed by atoms with van der Waals surface area (Å²) >= 11 is 0. The van der Waals surface area contributed by atoms with Gasteiger partial charge in [-0.15, -0.1) is 0 Å². The fraction of sp³-hybridized carbons (Fsp3) is 0.350. The molecule has 2 aromatic rings. The number of alkyl halides is 2. The van der Waals surface area contributed by atoms with Crippen molar-refractivity contribution < 1.29 is 23.0 Å². The average Bonchev–Trinajstić information content (AvgIpc) is 2.69. The summed E-state index contributed by atoms with van der Waals surface area (Å²) in [6.45, 7) is 0.828. The lowest BCUT2D eigenvalue weighted by molar-refractivity contribution is -0.0515. The lowest BCUT2D eigenvalue weighted by atomic mass is 10.1. The van der Waals surface area contributed by atoms with Crippen molar-refractivity contribution >= 4 is 17.3 Å². The van der Waals surface area contributed by atoms with Gasteiger partial charge in [0.05, 0.1) is 12.7 Å². The maximum absolute atomic E-state index is 12.7. The summed E-state index contributed by atoms with van der Waals surface area (Å²) in [4.78, 5) is 17.2. The van der Waals surface area contributed by atoms with Crippen LogP contribution in [0.1, 0.15) is 10.4 Å². The smallest absolute Gasteiger partial charge is 0.387 e. The number of hydrogen-bond acceptors (Lipinski definition) is 5. The van der Waals surface area contributed by atoms with E-state index in [1.165, 1.54) is 19.2 Å². The number of amides is 1. The zero-order valence-corrected chi connectivity index (χ0v) is 15.8. The highest BCUT2D eigenvalue weighted by molar-refractivity contribution is 6.06. The van der Waals surface area contributed by atoms with E-state index in [1.807, 2.05) is 12.1 Å². The number of methoxy groups -OCH3 is 1. The number of piperazine rings is 1. The van der Waals surface area contributed by atoms with E-state index < -0.39 is 12.5 Å². The molecule has 0 unspecified atom stereocenters. The molecule has 150 valence electrons. The van der Waals surface area contributed by atoms with E-state index in [0.29, 0.717) is 5.69 Å². The molecule has 1 amide bonds. The monoisotopic (exact) mass is 391 g/mol. The molecule has 0 aromatic heterocycles. The zero-order chi connectivity index (χ0) is 20.1. The van der Waals surface area contributed by atoms with E-state index >= 15 is 0 Å². The minimum atomic E-state index is -3.06. The van der Waals surface area contributed by atoms with Crippen LogP contribution in [0.15, 0.2) is 42.5 Å². The Morgan fingerprint density at radius 1 is 1.07 bits per heavy atom. The third kappa shape index (κ3) is 4.69. The van der Waals surface area contributed by atoms with Gasteiger partial charge < -0.3 is 24.6 Å². The summed E-state index contributed by atoms with van der Waals surface area (Å²) < 4.78 is 35.0. The van der Waals surface area contributed by atoms with E-state index in [4.69, 9.17) is 4.74 Å². The molecular formula is C20H23F2N3O3. The second-order valence-corrected chi connectivity index (χ2v) is 6.51. The van der Waals surface area contributed by atoms with Crippen LogP contribution in [0.25, 0.3) is 0 Å². The molecule has 0 radical (unpaired) electrons. The minimum Gasteiger partial charge on any atom is -0.493 e.